The molecule has 0 aliphatic carbocycles. The summed E-state index contributed by atoms with van der Waals surface area (Å²) in [6.07, 6.45) is 24.2. The van der Waals surface area contributed by atoms with E-state index in [9.17, 15) is 0 Å². The summed E-state index contributed by atoms with van der Waals surface area (Å²) in [6, 6.07) is 12.7. The Morgan fingerprint density at radius 1 is 0.536 bits per heavy atom. The molecule has 0 atom stereocenters. The summed E-state index contributed by atoms with van der Waals surface area (Å²) in [5, 5.41) is 1.63. The first-order valence-corrected chi connectivity index (χ1v) is 15.7. The molecule has 0 unspecified atom stereocenters. The molecule has 0 N–H and O–H groups in total. The quantitative estimate of drug-likeness (QED) is 0.160. The summed E-state index contributed by atoms with van der Waals surface area (Å²) in [7, 11) is -1.19. The van der Waals surface area contributed by atoms with Gasteiger partial charge in [-0.2, -0.15) is 0 Å². The normalized spacial score (nSPS) is 11.8. The van der Waals surface area contributed by atoms with E-state index in [-0.39, 0.29) is 0 Å². The molecule has 0 nitrogen and oxygen atoms in total. The molecule has 1 rings (SSSR count). The van der Waals surface area contributed by atoms with Gasteiger partial charge >= 0.3 is 0 Å². The van der Waals surface area contributed by atoms with Gasteiger partial charge in [-0.1, -0.05) is 171 Å². The molecule has 0 heterocycles. The van der Waals surface area contributed by atoms with Gasteiger partial charge in [0.1, 0.15) is 0 Å². The second-order valence-corrected chi connectivity index (χ2v) is 14.4. The maximum atomic E-state index is 3.91. The lowest BCUT2D eigenvalue weighted by molar-refractivity contribution is 0.530. The lowest BCUT2D eigenvalue weighted by Crippen LogP contribution is -2.40. The van der Waals surface area contributed by atoms with Gasteiger partial charge in [-0.25, -0.2) is 0 Å². The van der Waals surface area contributed by atoms with Crippen molar-refractivity contribution in [1.29, 1.82) is 0 Å². The summed E-state index contributed by atoms with van der Waals surface area (Å²) in [5.74, 6) is 0. The summed E-state index contributed by atoms with van der Waals surface area (Å²) in [5.41, 5.74) is 0. The third kappa shape index (κ3) is 13.6. The van der Waals surface area contributed by atoms with Crippen molar-refractivity contribution in [3.63, 3.8) is 0 Å². The molecule has 0 amide bonds. The van der Waals surface area contributed by atoms with Crippen molar-refractivity contribution in [3.8, 4) is 0 Å². The highest BCUT2D eigenvalue weighted by molar-refractivity contribution is 6.89. The average molecular weight is 402 g/mol. The largest absolute Gasteiger partial charge is 0.0806 e. The number of hydrogen-bond acceptors (Lipinski definition) is 0. The smallest absolute Gasteiger partial charge is 0.0654 e. The van der Waals surface area contributed by atoms with Crippen LogP contribution in [0.1, 0.15) is 109 Å². The highest BCUT2D eigenvalue weighted by Crippen LogP contribution is 2.17. The number of unbranched alkanes of at least 4 members (excludes halogenated alkanes) is 16. The summed E-state index contributed by atoms with van der Waals surface area (Å²) >= 11 is 0. The van der Waals surface area contributed by atoms with E-state index in [2.05, 4.69) is 50.3 Å². The molecule has 161 valence electrons. The van der Waals surface area contributed by atoms with E-state index in [0.717, 1.165) is 6.42 Å². The van der Waals surface area contributed by atoms with Crippen LogP contribution in [0, 0.1) is 6.92 Å². The second kappa shape index (κ2) is 17.3. The van der Waals surface area contributed by atoms with E-state index in [4.69, 9.17) is 0 Å². The zero-order valence-electron chi connectivity index (χ0n) is 19.3. The van der Waals surface area contributed by atoms with Crippen molar-refractivity contribution in [1.82, 2.24) is 0 Å². The first-order chi connectivity index (χ1) is 13.7. The van der Waals surface area contributed by atoms with Crippen LogP contribution in [0.5, 0.6) is 0 Å². The molecule has 28 heavy (non-hydrogen) atoms. The molecule has 0 aliphatic heterocycles. The molecule has 1 aromatic carbocycles. The van der Waals surface area contributed by atoms with Gasteiger partial charge in [0.25, 0.3) is 0 Å². The third-order valence-electron chi connectivity index (χ3n) is 6.36. The molecule has 1 aromatic rings. The zero-order valence-corrected chi connectivity index (χ0v) is 20.3. The molecule has 0 aliphatic rings. The predicted octanol–water partition coefficient (Wildman–Crippen LogP) is 9.07. The molecular weight excluding hydrogens is 352 g/mol. The summed E-state index contributed by atoms with van der Waals surface area (Å²) < 4.78 is 0. The SMILES string of the molecule is [CH2]CCCCCCCCCCCCCCCCCC[Si](C)(C)c1ccccc1. The van der Waals surface area contributed by atoms with Gasteiger partial charge in [0.2, 0.25) is 0 Å². The molecule has 0 bridgehead atoms. The lowest BCUT2D eigenvalue weighted by atomic mass is 10.0. The fraction of sp³-hybridized carbons (Fsp3) is 0.741. The maximum absolute atomic E-state index is 3.91. The van der Waals surface area contributed by atoms with E-state index in [1.807, 2.05) is 0 Å². The highest BCUT2D eigenvalue weighted by atomic mass is 28.3. The average Bonchev–Trinajstić information content (AvgIpc) is 2.71. The van der Waals surface area contributed by atoms with Crippen molar-refractivity contribution in [2.24, 2.45) is 0 Å². The topological polar surface area (TPSA) is 0 Å². The first-order valence-electron chi connectivity index (χ1n) is 12.5. The van der Waals surface area contributed by atoms with Gasteiger partial charge in [0, 0.05) is 0 Å². The minimum absolute atomic E-state index is 1.12. The van der Waals surface area contributed by atoms with Crippen LogP contribution in [0.2, 0.25) is 19.1 Å². The number of hydrogen-bond donors (Lipinski definition) is 0. The van der Waals surface area contributed by atoms with Crippen molar-refractivity contribution >= 4 is 13.3 Å². The Balaban J connectivity index is 1.81. The van der Waals surface area contributed by atoms with Crippen LogP contribution in [0.3, 0.4) is 0 Å². The van der Waals surface area contributed by atoms with Gasteiger partial charge in [-0.05, 0) is 0 Å². The van der Waals surface area contributed by atoms with Crippen LogP contribution in [-0.4, -0.2) is 8.07 Å². The van der Waals surface area contributed by atoms with Gasteiger partial charge in [-0.15, -0.1) is 0 Å². The van der Waals surface area contributed by atoms with Crippen LogP contribution in [0.4, 0.5) is 0 Å². The van der Waals surface area contributed by atoms with Gasteiger partial charge < -0.3 is 0 Å². The van der Waals surface area contributed by atoms with Gasteiger partial charge in [-0.3, -0.25) is 0 Å². The molecule has 0 saturated heterocycles. The van der Waals surface area contributed by atoms with Crippen molar-refractivity contribution in [2.45, 2.75) is 128 Å². The second-order valence-electron chi connectivity index (χ2n) is 9.51. The lowest BCUT2D eigenvalue weighted by Gasteiger charge is -2.22. The predicted molar refractivity (Wildman–Crippen MR) is 132 cm³/mol. The highest BCUT2D eigenvalue weighted by Gasteiger charge is 2.21. The van der Waals surface area contributed by atoms with E-state index in [0.29, 0.717) is 0 Å². The van der Waals surface area contributed by atoms with Gasteiger partial charge in [0.05, 0.1) is 8.07 Å². The van der Waals surface area contributed by atoms with Crippen LogP contribution < -0.4 is 5.19 Å². The molecule has 0 spiro atoms. The van der Waals surface area contributed by atoms with E-state index >= 15 is 0 Å². The van der Waals surface area contributed by atoms with E-state index < -0.39 is 8.07 Å². The zero-order chi connectivity index (χ0) is 20.3. The fourth-order valence-electron chi connectivity index (χ4n) is 4.25. The standard InChI is InChI=1S/C27H49Si/c1-4-5-6-7-8-9-10-11-12-13-14-15-16-17-18-19-23-26-28(2,3)27-24-21-20-22-25-27/h20-22,24-25H,1,4-19,23,26H2,2-3H3. The van der Waals surface area contributed by atoms with E-state index in [1.54, 1.807) is 5.19 Å². The monoisotopic (exact) mass is 401 g/mol. The third-order valence-corrected chi connectivity index (χ3v) is 9.86. The fourth-order valence-corrected chi connectivity index (χ4v) is 6.77. The van der Waals surface area contributed by atoms with Crippen molar-refractivity contribution in [3.05, 3.63) is 37.3 Å². The molecule has 1 heteroatoms. The van der Waals surface area contributed by atoms with Crippen molar-refractivity contribution in [2.75, 3.05) is 0 Å². The molecule has 0 fully saturated rings. The summed E-state index contributed by atoms with van der Waals surface area (Å²) in [6.45, 7) is 8.98. The minimum atomic E-state index is -1.19. The molecule has 0 aromatic heterocycles. The Morgan fingerprint density at radius 3 is 1.29 bits per heavy atom. The summed E-state index contributed by atoms with van der Waals surface area (Å²) in [4.78, 5) is 0. The van der Waals surface area contributed by atoms with Crippen LogP contribution in [0.15, 0.2) is 30.3 Å². The van der Waals surface area contributed by atoms with Crippen LogP contribution >= 0.6 is 0 Å². The Hall–Kier alpha value is -0.563. The van der Waals surface area contributed by atoms with Crippen LogP contribution in [-0.2, 0) is 0 Å². The van der Waals surface area contributed by atoms with Crippen LogP contribution in [0.25, 0.3) is 0 Å². The van der Waals surface area contributed by atoms with E-state index in [1.165, 1.54) is 109 Å². The maximum Gasteiger partial charge on any atom is 0.0806 e. The van der Waals surface area contributed by atoms with Gasteiger partial charge in [0.15, 0.2) is 0 Å². The van der Waals surface area contributed by atoms with Crippen molar-refractivity contribution < 1.29 is 0 Å². The Bertz CT molecular complexity index is 437. The Morgan fingerprint density at radius 2 is 0.893 bits per heavy atom. The molecular formula is C27H49Si. The number of benzene rings is 1. The molecule has 1 radical (unpaired) electrons. The molecule has 0 saturated carbocycles. The number of rotatable bonds is 19. The Kier molecular flexibility index (Phi) is 15.7. The minimum Gasteiger partial charge on any atom is -0.0654 e. The first kappa shape index (κ1) is 25.5. The Labute approximate surface area is 178 Å².